The van der Waals surface area contributed by atoms with E-state index in [1.54, 1.807) is 18.3 Å². The Morgan fingerprint density at radius 2 is 2.00 bits per heavy atom. The van der Waals surface area contributed by atoms with Crippen LogP contribution in [0.25, 0.3) is 11.2 Å². The minimum absolute atomic E-state index is 0.213. The molecule has 0 fully saturated rings. The first-order chi connectivity index (χ1) is 9.65. The van der Waals surface area contributed by atoms with Gasteiger partial charge >= 0.3 is 0 Å². The van der Waals surface area contributed by atoms with Crippen molar-refractivity contribution in [3.05, 3.63) is 58.2 Å². The minimum Gasteiger partial charge on any atom is -0.329 e. The predicted molar refractivity (Wildman–Crippen MR) is 79.8 cm³/mol. The highest BCUT2D eigenvalue weighted by atomic mass is 32.1. The number of aryl methyl sites for hydroxylation is 3. The summed E-state index contributed by atoms with van der Waals surface area (Å²) in [6.45, 7) is 2.75. The summed E-state index contributed by atoms with van der Waals surface area (Å²) in [4.78, 5) is 7.59. The van der Waals surface area contributed by atoms with Crippen molar-refractivity contribution in [1.29, 1.82) is 0 Å². The fourth-order valence-corrected chi connectivity index (χ4v) is 2.55. The van der Waals surface area contributed by atoms with Gasteiger partial charge in [0, 0.05) is 12.7 Å². The number of benzene rings is 1. The van der Waals surface area contributed by atoms with E-state index in [4.69, 9.17) is 12.2 Å². The number of aromatic nitrogens is 3. The van der Waals surface area contributed by atoms with Gasteiger partial charge in [-0.05, 0) is 54.9 Å². The first-order valence-electron chi connectivity index (χ1n) is 6.44. The van der Waals surface area contributed by atoms with Gasteiger partial charge in [-0.15, -0.1) is 0 Å². The van der Waals surface area contributed by atoms with Gasteiger partial charge in [0.2, 0.25) is 0 Å². The molecule has 1 N–H and O–H groups in total. The Morgan fingerprint density at radius 1 is 1.25 bits per heavy atom. The van der Waals surface area contributed by atoms with E-state index >= 15 is 0 Å². The van der Waals surface area contributed by atoms with Crippen molar-refractivity contribution < 1.29 is 4.39 Å². The highest BCUT2D eigenvalue weighted by molar-refractivity contribution is 7.71. The van der Waals surface area contributed by atoms with Crippen LogP contribution in [0.4, 0.5) is 4.39 Å². The maximum Gasteiger partial charge on any atom is 0.179 e. The Balaban J connectivity index is 1.91. The Morgan fingerprint density at radius 3 is 2.75 bits per heavy atom. The standard InChI is InChI=1S/C15H14FN3S/c1-10-6-8-17-14-13(10)18-15(20)19(14)9-7-11-2-4-12(16)5-3-11/h2-6,8H,7,9H2,1H3,(H,18,20). The molecule has 102 valence electrons. The number of halogens is 1. The molecular weight excluding hydrogens is 273 g/mol. The zero-order valence-electron chi connectivity index (χ0n) is 11.1. The lowest BCUT2D eigenvalue weighted by atomic mass is 10.1. The summed E-state index contributed by atoms with van der Waals surface area (Å²) in [5, 5.41) is 0. The highest BCUT2D eigenvalue weighted by Gasteiger charge is 2.07. The summed E-state index contributed by atoms with van der Waals surface area (Å²) in [6, 6.07) is 8.51. The number of fused-ring (bicyclic) bond motifs is 1. The number of H-pyrrole nitrogens is 1. The summed E-state index contributed by atoms with van der Waals surface area (Å²) in [7, 11) is 0. The van der Waals surface area contributed by atoms with E-state index in [0.717, 1.165) is 35.3 Å². The number of nitrogens with one attached hydrogen (secondary N) is 1. The van der Waals surface area contributed by atoms with Crippen LogP contribution in [0.1, 0.15) is 11.1 Å². The fourth-order valence-electron chi connectivity index (χ4n) is 2.27. The monoisotopic (exact) mass is 287 g/mol. The van der Waals surface area contributed by atoms with Crippen LogP contribution in [-0.4, -0.2) is 14.5 Å². The van der Waals surface area contributed by atoms with Gasteiger partial charge in [-0.25, -0.2) is 9.37 Å². The molecule has 3 nitrogen and oxygen atoms in total. The Kier molecular flexibility index (Phi) is 3.36. The molecule has 5 heteroatoms. The van der Waals surface area contributed by atoms with Crippen molar-refractivity contribution in [3.63, 3.8) is 0 Å². The normalized spacial score (nSPS) is 11.1. The van der Waals surface area contributed by atoms with E-state index in [0.29, 0.717) is 4.77 Å². The molecule has 0 aliphatic heterocycles. The largest absolute Gasteiger partial charge is 0.329 e. The van der Waals surface area contributed by atoms with E-state index in [9.17, 15) is 4.39 Å². The van der Waals surface area contributed by atoms with E-state index in [-0.39, 0.29) is 5.82 Å². The number of nitrogens with zero attached hydrogens (tertiary/aromatic N) is 2. The Hall–Kier alpha value is -2.01. The van der Waals surface area contributed by atoms with E-state index in [1.165, 1.54) is 12.1 Å². The fraction of sp³-hybridized carbons (Fsp3) is 0.200. The van der Waals surface area contributed by atoms with Gasteiger partial charge in [0.1, 0.15) is 5.82 Å². The second-order valence-corrected chi connectivity index (χ2v) is 5.17. The van der Waals surface area contributed by atoms with Crippen molar-refractivity contribution in [2.45, 2.75) is 19.9 Å². The first-order valence-corrected chi connectivity index (χ1v) is 6.84. The van der Waals surface area contributed by atoms with Crippen LogP contribution >= 0.6 is 12.2 Å². The first kappa shape index (κ1) is 13.0. The third-order valence-corrected chi connectivity index (χ3v) is 3.73. The van der Waals surface area contributed by atoms with Gasteiger partial charge in [-0.3, -0.25) is 0 Å². The lowest BCUT2D eigenvalue weighted by Crippen LogP contribution is -2.02. The molecular formula is C15H14FN3S. The second-order valence-electron chi connectivity index (χ2n) is 4.78. The van der Waals surface area contributed by atoms with Crippen LogP contribution in [0, 0.1) is 17.5 Å². The molecule has 2 aromatic heterocycles. The molecule has 0 saturated carbocycles. The summed E-state index contributed by atoms with van der Waals surface area (Å²) >= 11 is 5.36. The molecule has 0 bridgehead atoms. The van der Waals surface area contributed by atoms with Gasteiger partial charge in [0.25, 0.3) is 0 Å². The van der Waals surface area contributed by atoms with Crippen molar-refractivity contribution >= 4 is 23.4 Å². The average Bonchev–Trinajstić information content (AvgIpc) is 2.76. The minimum atomic E-state index is -0.213. The number of pyridine rings is 1. The Labute approximate surface area is 121 Å². The van der Waals surface area contributed by atoms with Crippen molar-refractivity contribution in [2.75, 3.05) is 0 Å². The van der Waals surface area contributed by atoms with Gasteiger partial charge in [-0.2, -0.15) is 0 Å². The molecule has 0 unspecified atom stereocenters. The average molecular weight is 287 g/mol. The van der Waals surface area contributed by atoms with Gasteiger partial charge in [0.05, 0.1) is 5.52 Å². The number of aromatic amines is 1. The quantitative estimate of drug-likeness (QED) is 0.744. The van der Waals surface area contributed by atoms with Crippen molar-refractivity contribution in [1.82, 2.24) is 14.5 Å². The maximum absolute atomic E-state index is 12.9. The molecule has 3 rings (SSSR count). The third kappa shape index (κ3) is 2.36. The maximum atomic E-state index is 12.9. The number of hydrogen-bond donors (Lipinski definition) is 1. The lowest BCUT2D eigenvalue weighted by molar-refractivity contribution is 0.625. The molecule has 0 spiro atoms. The molecule has 0 aliphatic carbocycles. The van der Waals surface area contributed by atoms with Crippen LogP contribution in [0.2, 0.25) is 0 Å². The molecule has 0 amide bonds. The summed E-state index contributed by atoms with van der Waals surface area (Å²) in [5.74, 6) is -0.213. The van der Waals surface area contributed by atoms with Crippen molar-refractivity contribution in [3.8, 4) is 0 Å². The molecule has 3 aromatic rings. The second kappa shape index (κ2) is 5.17. The number of imidazole rings is 1. The summed E-state index contributed by atoms with van der Waals surface area (Å²) in [6.07, 6.45) is 2.58. The molecule has 1 aromatic carbocycles. The van der Waals surface area contributed by atoms with Crippen LogP contribution in [0.5, 0.6) is 0 Å². The predicted octanol–water partition coefficient (Wildman–Crippen LogP) is 3.78. The molecule has 0 saturated heterocycles. The zero-order valence-corrected chi connectivity index (χ0v) is 11.9. The van der Waals surface area contributed by atoms with E-state index in [1.807, 2.05) is 17.6 Å². The van der Waals surface area contributed by atoms with E-state index in [2.05, 4.69) is 9.97 Å². The van der Waals surface area contributed by atoms with Crippen molar-refractivity contribution in [2.24, 2.45) is 0 Å². The molecule has 2 heterocycles. The summed E-state index contributed by atoms with van der Waals surface area (Å²) in [5.41, 5.74) is 4.06. The third-order valence-electron chi connectivity index (χ3n) is 3.41. The van der Waals surface area contributed by atoms with Gasteiger partial charge < -0.3 is 9.55 Å². The zero-order chi connectivity index (χ0) is 14.1. The number of rotatable bonds is 3. The topological polar surface area (TPSA) is 33.6 Å². The van der Waals surface area contributed by atoms with Crippen LogP contribution in [0.15, 0.2) is 36.5 Å². The van der Waals surface area contributed by atoms with Gasteiger partial charge in [0.15, 0.2) is 10.4 Å². The number of hydrogen-bond acceptors (Lipinski definition) is 2. The SMILES string of the molecule is Cc1ccnc2c1[nH]c(=S)n2CCc1ccc(F)cc1. The molecule has 20 heavy (non-hydrogen) atoms. The van der Waals surface area contributed by atoms with Crippen LogP contribution in [-0.2, 0) is 13.0 Å². The van der Waals surface area contributed by atoms with Crippen LogP contribution in [0.3, 0.4) is 0 Å². The van der Waals surface area contributed by atoms with E-state index < -0.39 is 0 Å². The lowest BCUT2D eigenvalue weighted by Gasteiger charge is -2.04. The molecule has 0 radical (unpaired) electrons. The smallest absolute Gasteiger partial charge is 0.179 e. The molecule has 0 atom stereocenters. The summed E-state index contributed by atoms with van der Waals surface area (Å²) < 4.78 is 15.5. The highest BCUT2D eigenvalue weighted by Crippen LogP contribution is 2.16. The Bertz CT molecular complexity index is 802. The van der Waals surface area contributed by atoms with Crippen LogP contribution < -0.4 is 0 Å². The molecule has 0 aliphatic rings. The van der Waals surface area contributed by atoms with Gasteiger partial charge in [-0.1, -0.05) is 12.1 Å².